The Morgan fingerprint density at radius 1 is 1.14 bits per heavy atom. The average molecular weight is 288 g/mol. The van der Waals surface area contributed by atoms with Crippen LogP contribution in [0, 0.1) is 5.41 Å². The third-order valence-electron chi connectivity index (χ3n) is 3.38. The van der Waals surface area contributed by atoms with Gasteiger partial charge in [0.25, 0.3) is 5.91 Å². The van der Waals surface area contributed by atoms with Crippen molar-refractivity contribution >= 4 is 16.9 Å². The Hall–Kier alpha value is -1.81. The molecule has 4 heteroatoms. The van der Waals surface area contributed by atoms with Gasteiger partial charge in [0.15, 0.2) is 0 Å². The fourth-order valence-electron chi connectivity index (χ4n) is 2.14. The maximum Gasteiger partial charge on any atom is 0.252 e. The van der Waals surface area contributed by atoms with Crippen LogP contribution < -0.4 is 10.6 Å². The van der Waals surface area contributed by atoms with Gasteiger partial charge in [-0.05, 0) is 36.6 Å². The van der Waals surface area contributed by atoms with E-state index < -0.39 is 0 Å². The van der Waals surface area contributed by atoms with Crippen LogP contribution in [-0.2, 0) is 0 Å². The molecule has 0 aliphatic rings. The van der Waals surface area contributed by atoms with E-state index in [4.69, 9.17) is 4.42 Å². The lowest BCUT2D eigenvalue weighted by molar-refractivity contribution is 0.0955. The maximum absolute atomic E-state index is 12.2. The van der Waals surface area contributed by atoms with Crippen LogP contribution >= 0.6 is 0 Å². The fraction of sp³-hybridized carbons (Fsp3) is 0.471. The van der Waals surface area contributed by atoms with Gasteiger partial charge in [0.2, 0.25) is 0 Å². The molecule has 21 heavy (non-hydrogen) atoms. The van der Waals surface area contributed by atoms with Crippen LogP contribution in [0.5, 0.6) is 0 Å². The fourth-order valence-corrected chi connectivity index (χ4v) is 2.14. The Balaban J connectivity index is 1.76. The number of carbonyl (C=O) groups excluding carboxylic acids is 1. The Morgan fingerprint density at radius 3 is 2.71 bits per heavy atom. The van der Waals surface area contributed by atoms with Gasteiger partial charge in [-0.25, -0.2) is 0 Å². The first-order chi connectivity index (χ1) is 9.97. The Labute approximate surface area is 125 Å². The van der Waals surface area contributed by atoms with E-state index in [0.717, 1.165) is 30.5 Å². The van der Waals surface area contributed by atoms with E-state index in [2.05, 4.69) is 31.4 Å². The maximum atomic E-state index is 12.2. The van der Waals surface area contributed by atoms with Crippen LogP contribution in [0.2, 0.25) is 0 Å². The van der Waals surface area contributed by atoms with Crippen molar-refractivity contribution in [2.75, 3.05) is 19.6 Å². The summed E-state index contributed by atoms with van der Waals surface area (Å²) in [5, 5.41) is 7.14. The van der Waals surface area contributed by atoms with Crippen LogP contribution in [0.25, 0.3) is 11.0 Å². The van der Waals surface area contributed by atoms with Gasteiger partial charge in [0, 0.05) is 18.5 Å². The van der Waals surface area contributed by atoms with E-state index in [1.165, 1.54) is 0 Å². The summed E-state index contributed by atoms with van der Waals surface area (Å²) in [5.41, 5.74) is 1.74. The van der Waals surface area contributed by atoms with Crippen molar-refractivity contribution in [2.45, 2.75) is 27.2 Å². The smallest absolute Gasteiger partial charge is 0.252 e. The Morgan fingerprint density at radius 2 is 1.95 bits per heavy atom. The molecule has 1 aromatic carbocycles. The lowest BCUT2D eigenvalue weighted by atomic mass is 9.92. The summed E-state index contributed by atoms with van der Waals surface area (Å²) < 4.78 is 5.31. The molecule has 0 fully saturated rings. The molecule has 114 valence electrons. The number of hydrogen-bond donors (Lipinski definition) is 2. The molecular formula is C17H24N2O2. The molecule has 4 nitrogen and oxygen atoms in total. The lowest BCUT2D eigenvalue weighted by Crippen LogP contribution is -2.33. The third-order valence-corrected chi connectivity index (χ3v) is 3.38. The molecule has 1 heterocycles. The van der Waals surface area contributed by atoms with Gasteiger partial charge in [0.05, 0.1) is 11.8 Å². The topological polar surface area (TPSA) is 54.3 Å². The predicted octanol–water partition coefficient (Wildman–Crippen LogP) is 3.19. The van der Waals surface area contributed by atoms with E-state index in [1.54, 1.807) is 6.26 Å². The summed E-state index contributed by atoms with van der Waals surface area (Å²) in [7, 11) is 0. The summed E-state index contributed by atoms with van der Waals surface area (Å²) in [5.74, 6) is -0.0559. The van der Waals surface area contributed by atoms with Gasteiger partial charge in [-0.3, -0.25) is 4.79 Å². The molecule has 0 aliphatic carbocycles. The molecule has 0 unspecified atom stereocenters. The summed E-state index contributed by atoms with van der Waals surface area (Å²) in [6.07, 6.45) is 2.73. The van der Waals surface area contributed by atoms with Gasteiger partial charge < -0.3 is 15.1 Å². The molecule has 0 saturated carbocycles. The molecule has 0 atom stereocenters. The Bertz CT molecular complexity index is 596. The number of carbonyl (C=O) groups is 1. The normalized spacial score (nSPS) is 11.8. The standard InChI is InChI=1S/C17H24N2O2/c1-17(2,3)8-9-18-10-11-19-16(20)14-5-4-6-15-13(14)7-12-21-15/h4-7,12,18H,8-11H2,1-3H3,(H,19,20). The van der Waals surface area contributed by atoms with Crippen LogP contribution in [-0.4, -0.2) is 25.5 Å². The summed E-state index contributed by atoms with van der Waals surface area (Å²) in [4.78, 5) is 12.2. The SMILES string of the molecule is CC(C)(C)CCNCCNC(=O)c1cccc2occc12. The molecule has 2 N–H and O–H groups in total. The largest absolute Gasteiger partial charge is 0.464 e. The first-order valence-corrected chi connectivity index (χ1v) is 7.42. The lowest BCUT2D eigenvalue weighted by Gasteiger charge is -2.18. The summed E-state index contributed by atoms with van der Waals surface area (Å²) >= 11 is 0. The first-order valence-electron chi connectivity index (χ1n) is 7.42. The molecule has 0 spiro atoms. The minimum Gasteiger partial charge on any atom is -0.464 e. The molecule has 1 amide bonds. The second-order valence-corrected chi connectivity index (χ2v) is 6.45. The highest BCUT2D eigenvalue weighted by atomic mass is 16.3. The molecular weight excluding hydrogens is 264 g/mol. The van der Waals surface area contributed by atoms with Gasteiger partial charge in [0.1, 0.15) is 5.58 Å². The zero-order valence-electron chi connectivity index (χ0n) is 13.0. The van der Waals surface area contributed by atoms with Crippen molar-refractivity contribution < 1.29 is 9.21 Å². The van der Waals surface area contributed by atoms with Gasteiger partial charge in [-0.1, -0.05) is 26.8 Å². The van der Waals surface area contributed by atoms with Crippen molar-refractivity contribution in [2.24, 2.45) is 5.41 Å². The number of rotatable bonds is 6. The van der Waals surface area contributed by atoms with Crippen LogP contribution in [0.1, 0.15) is 37.6 Å². The van der Waals surface area contributed by atoms with Crippen LogP contribution in [0.3, 0.4) is 0 Å². The van der Waals surface area contributed by atoms with Gasteiger partial charge in [-0.2, -0.15) is 0 Å². The van der Waals surface area contributed by atoms with E-state index in [9.17, 15) is 4.79 Å². The molecule has 1 aromatic heterocycles. The number of furan rings is 1. The van der Waals surface area contributed by atoms with Crippen molar-refractivity contribution in [3.63, 3.8) is 0 Å². The summed E-state index contributed by atoms with van der Waals surface area (Å²) in [6, 6.07) is 7.34. The van der Waals surface area contributed by atoms with E-state index in [-0.39, 0.29) is 5.91 Å². The van der Waals surface area contributed by atoms with Gasteiger partial charge >= 0.3 is 0 Å². The van der Waals surface area contributed by atoms with E-state index >= 15 is 0 Å². The second-order valence-electron chi connectivity index (χ2n) is 6.45. The second kappa shape index (κ2) is 6.76. The zero-order chi connectivity index (χ0) is 15.3. The number of hydrogen-bond acceptors (Lipinski definition) is 3. The minimum absolute atomic E-state index is 0.0559. The molecule has 0 radical (unpaired) electrons. The van der Waals surface area contributed by atoms with Crippen molar-refractivity contribution in [1.29, 1.82) is 0 Å². The first kappa shape index (κ1) is 15.6. The van der Waals surface area contributed by atoms with E-state index in [1.807, 2.05) is 24.3 Å². The molecule has 2 rings (SSSR count). The average Bonchev–Trinajstić information content (AvgIpc) is 2.89. The number of benzene rings is 1. The number of amides is 1. The highest BCUT2D eigenvalue weighted by Crippen LogP contribution is 2.19. The number of fused-ring (bicyclic) bond motifs is 1. The molecule has 0 saturated heterocycles. The van der Waals surface area contributed by atoms with Crippen LogP contribution in [0.15, 0.2) is 34.9 Å². The van der Waals surface area contributed by atoms with Crippen molar-refractivity contribution in [3.8, 4) is 0 Å². The molecule has 2 aromatic rings. The monoisotopic (exact) mass is 288 g/mol. The molecule has 0 aliphatic heterocycles. The minimum atomic E-state index is -0.0559. The summed E-state index contributed by atoms with van der Waals surface area (Å²) in [6.45, 7) is 9.04. The number of nitrogens with one attached hydrogen (secondary N) is 2. The third kappa shape index (κ3) is 4.60. The highest BCUT2D eigenvalue weighted by molar-refractivity contribution is 6.05. The highest BCUT2D eigenvalue weighted by Gasteiger charge is 2.11. The van der Waals surface area contributed by atoms with E-state index in [0.29, 0.717) is 17.5 Å². The van der Waals surface area contributed by atoms with Crippen molar-refractivity contribution in [1.82, 2.24) is 10.6 Å². The quantitative estimate of drug-likeness (QED) is 0.803. The van der Waals surface area contributed by atoms with Crippen LogP contribution in [0.4, 0.5) is 0 Å². The Kier molecular flexibility index (Phi) is 5.02. The predicted molar refractivity (Wildman–Crippen MR) is 85.5 cm³/mol. The zero-order valence-corrected chi connectivity index (χ0v) is 13.0. The van der Waals surface area contributed by atoms with Crippen molar-refractivity contribution in [3.05, 3.63) is 36.1 Å². The van der Waals surface area contributed by atoms with Gasteiger partial charge in [-0.15, -0.1) is 0 Å². The molecule has 0 bridgehead atoms.